The average molecular weight is 309 g/mol. The van der Waals surface area contributed by atoms with Crippen molar-refractivity contribution in [3.8, 4) is 0 Å². The van der Waals surface area contributed by atoms with Gasteiger partial charge in [-0.2, -0.15) is 0 Å². The fourth-order valence-electron chi connectivity index (χ4n) is 1.96. The van der Waals surface area contributed by atoms with Crippen molar-refractivity contribution in [2.45, 2.75) is 18.7 Å². The minimum absolute atomic E-state index is 0.0578. The first-order valence-electron chi connectivity index (χ1n) is 6.14. The first-order chi connectivity index (χ1) is 9.68. The van der Waals surface area contributed by atoms with E-state index in [0.717, 1.165) is 0 Å². The van der Waals surface area contributed by atoms with Crippen LogP contribution in [-0.4, -0.2) is 8.42 Å². The number of hydrogen-bond acceptors (Lipinski definition) is 4. The molecule has 5 N–H and O–H groups in total. The van der Waals surface area contributed by atoms with E-state index in [0.29, 0.717) is 22.5 Å². The Labute approximate surface area is 122 Å². The maximum atomic E-state index is 13.5. The predicted molar refractivity (Wildman–Crippen MR) is 81.4 cm³/mol. The Balaban J connectivity index is 2.49. The molecule has 0 aliphatic heterocycles. The summed E-state index contributed by atoms with van der Waals surface area (Å²) in [6, 6.07) is 7.51. The molecule has 0 spiro atoms. The molecular weight excluding hydrogens is 293 g/mol. The smallest absolute Gasteiger partial charge is 0.238 e. The minimum atomic E-state index is -3.88. The van der Waals surface area contributed by atoms with E-state index in [1.54, 1.807) is 32.0 Å². The number of rotatable bonds is 3. The number of benzene rings is 2. The van der Waals surface area contributed by atoms with Crippen molar-refractivity contribution in [3.63, 3.8) is 0 Å². The lowest BCUT2D eigenvalue weighted by molar-refractivity contribution is 0.597. The van der Waals surface area contributed by atoms with Crippen molar-refractivity contribution in [1.29, 1.82) is 0 Å². The normalized spacial score (nSPS) is 11.4. The second kappa shape index (κ2) is 5.34. The van der Waals surface area contributed by atoms with E-state index >= 15 is 0 Å². The standard InChI is InChI=1S/C14H16FN3O2S/c1-8-3-4-11(7-12(8)15)18-13-5-10(16)6-14(9(13)2)21(17,19)20/h3-7,18H,16H2,1-2H3,(H2,17,19,20). The fraction of sp³-hybridized carbons (Fsp3) is 0.143. The third kappa shape index (κ3) is 3.32. The number of nitrogens with one attached hydrogen (secondary N) is 1. The zero-order chi connectivity index (χ0) is 15.8. The number of nitrogen functional groups attached to an aromatic ring is 1. The molecule has 7 heteroatoms. The van der Waals surface area contributed by atoms with E-state index in [9.17, 15) is 12.8 Å². The molecule has 0 unspecified atom stereocenters. The Morgan fingerprint density at radius 1 is 1.14 bits per heavy atom. The van der Waals surface area contributed by atoms with Gasteiger partial charge < -0.3 is 11.1 Å². The van der Waals surface area contributed by atoms with Gasteiger partial charge in [0.25, 0.3) is 0 Å². The molecule has 112 valence electrons. The molecule has 0 atom stereocenters. The number of aryl methyl sites for hydroxylation is 1. The molecule has 0 saturated carbocycles. The van der Waals surface area contributed by atoms with E-state index in [-0.39, 0.29) is 16.4 Å². The highest BCUT2D eigenvalue weighted by atomic mass is 32.2. The van der Waals surface area contributed by atoms with E-state index in [1.807, 2.05) is 0 Å². The lowest BCUT2D eigenvalue weighted by Crippen LogP contribution is -2.15. The summed E-state index contributed by atoms with van der Waals surface area (Å²) in [6.45, 7) is 3.26. The summed E-state index contributed by atoms with van der Waals surface area (Å²) in [5, 5.41) is 8.12. The molecule has 5 nitrogen and oxygen atoms in total. The summed E-state index contributed by atoms with van der Waals surface area (Å²) in [7, 11) is -3.88. The van der Waals surface area contributed by atoms with Gasteiger partial charge in [-0.3, -0.25) is 0 Å². The maximum Gasteiger partial charge on any atom is 0.238 e. The first kappa shape index (κ1) is 15.3. The van der Waals surface area contributed by atoms with Gasteiger partial charge in [-0.15, -0.1) is 0 Å². The van der Waals surface area contributed by atoms with Crippen molar-refractivity contribution >= 4 is 27.1 Å². The van der Waals surface area contributed by atoms with Crippen LogP contribution in [0.5, 0.6) is 0 Å². The van der Waals surface area contributed by atoms with E-state index in [2.05, 4.69) is 5.32 Å². The van der Waals surface area contributed by atoms with Crippen molar-refractivity contribution in [1.82, 2.24) is 0 Å². The van der Waals surface area contributed by atoms with Crippen molar-refractivity contribution in [2.24, 2.45) is 5.14 Å². The van der Waals surface area contributed by atoms with Crippen LogP contribution in [0.15, 0.2) is 35.2 Å². The summed E-state index contributed by atoms with van der Waals surface area (Å²) < 4.78 is 36.6. The number of halogens is 1. The number of sulfonamides is 1. The van der Waals surface area contributed by atoms with Gasteiger partial charge in [-0.05, 0) is 49.2 Å². The number of anilines is 3. The van der Waals surface area contributed by atoms with Crippen molar-refractivity contribution in [2.75, 3.05) is 11.1 Å². The highest BCUT2D eigenvalue weighted by molar-refractivity contribution is 7.89. The van der Waals surface area contributed by atoms with E-state index in [4.69, 9.17) is 10.9 Å². The third-order valence-corrected chi connectivity index (χ3v) is 4.18. The molecule has 0 fully saturated rings. The minimum Gasteiger partial charge on any atom is -0.399 e. The summed E-state index contributed by atoms with van der Waals surface area (Å²) in [4.78, 5) is -0.0578. The summed E-state index contributed by atoms with van der Waals surface area (Å²) in [6.07, 6.45) is 0. The molecule has 0 aromatic heterocycles. The molecule has 2 aromatic carbocycles. The molecule has 0 amide bonds. The van der Waals surface area contributed by atoms with Gasteiger partial charge in [0.1, 0.15) is 5.82 Å². The van der Waals surface area contributed by atoms with E-state index in [1.165, 1.54) is 12.1 Å². The molecule has 0 bridgehead atoms. The van der Waals surface area contributed by atoms with Gasteiger partial charge in [0.15, 0.2) is 0 Å². The van der Waals surface area contributed by atoms with Crippen LogP contribution in [-0.2, 0) is 10.0 Å². The van der Waals surface area contributed by atoms with Crippen LogP contribution in [0.4, 0.5) is 21.5 Å². The second-order valence-corrected chi connectivity index (χ2v) is 6.36. The zero-order valence-corrected chi connectivity index (χ0v) is 12.5. The van der Waals surface area contributed by atoms with Gasteiger partial charge in [-0.25, -0.2) is 17.9 Å². The molecule has 0 saturated heterocycles. The highest BCUT2D eigenvalue weighted by Gasteiger charge is 2.15. The molecule has 2 rings (SSSR count). The van der Waals surface area contributed by atoms with Crippen molar-refractivity contribution < 1.29 is 12.8 Å². The largest absolute Gasteiger partial charge is 0.399 e. The summed E-state index contributed by atoms with van der Waals surface area (Å²) in [5.74, 6) is -0.353. The van der Waals surface area contributed by atoms with Gasteiger partial charge >= 0.3 is 0 Å². The predicted octanol–water partition coefficient (Wildman–Crippen LogP) is 2.42. The van der Waals surface area contributed by atoms with Gasteiger partial charge in [0, 0.05) is 17.1 Å². The lowest BCUT2D eigenvalue weighted by Gasteiger charge is -2.14. The average Bonchev–Trinajstić information content (AvgIpc) is 2.36. The fourth-order valence-corrected chi connectivity index (χ4v) is 2.80. The molecule has 0 radical (unpaired) electrons. The van der Waals surface area contributed by atoms with Crippen LogP contribution < -0.4 is 16.2 Å². The summed E-state index contributed by atoms with van der Waals surface area (Å²) >= 11 is 0. The van der Waals surface area contributed by atoms with Crippen LogP contribution in [0, 0.1) is 19.7 Å². The topological polar surface area (TPSA) is 98.2 Å². The molecule has 21 heavy (non-hydrogen) atoms. The van der Waals surface area contributed by atoms with E-state index < -0.39 is 10.0 Å². The highest BCUT2D eigenvalue weighted by Crippen LogP contribution is 2.29. The second-order valence-electron chi connectivity index (χ2n) is 4.83. The Morgan fingerprint density at radius 3 is 2.38 bits per heavy atom. The van der Waals surface area contributed by atoms with Crippen molar-refractivity contribution in [3.05, 3.63) is 47.3 Å². The SMILES string of the molecule is Cc1ccc(Nc2cc(N)cc(S(N)(=O)=O)c2C)cc1F. The number of hydrogen-bond donors (Lipinski definition) is 3. The van der Waals surface area contributed by atoms with Crippen LogP contribution >= 0.6 is 0 Å². The molecule has 0 aliphatic rings. The lowest BCUT2D eigenvalue weighted by atomic mass is 10.1. The monoisotopic (exact) mass is 309 g/mol. The first-order valence-corrected chi connectivity index (χ1v) is 7.69. The Kier molecular flexibility index (Phi) is 3.89. The Hall–Kier alpha value is -2.12. The molecule has 0 aliphatic carbocycles. The Bertz CT molecular complexity index is 804. The van der Waals surface area contributed by atoms with Crippen LogP contribution in [0.2, 0.25) is 0 Å². The van der Waals surface area contributed by atoms with Gasteiger partial charge in [-0.1, -0.05) is 6.07 Å². The van der Waals surface area contributed by atoms with Gasteiger partial charge in [0.05, 0.1) is 4.90 Å². The number of nitrogens with two attached hydrogens (primary N) is 2. The van der Waals surface area contributed by atoms with Gasteiger partial charge in [0.2, 0.25) is 10.0 Å². The third-order valence-electron chi connectivity index (χ3n) is 3.14. The summed E-state index contributed by atoms with van der Waals surface area (Å²) in [5.41, 5.74) is 7.85. The molecule has 2 aromatic rings. The van der Waals surface area contributed by atoms with Crippen LogP contribution in [0.25, 0.3) is 0 Å². The quantitative estimate of drug-likeness (QED) is 0.758. The molecular formula is C14H16FN3O2S. The zero-order valence-electron chi connectivity index (χ0n) is 11.6. The Morgan fingerprint density at radius 2 is 1.81 bits per heavy atom. The van der Waals surface area contributed by atoms with Crippen LogP contribution in [0.3, 0.4) is 0 Å². The maximum absolute atomic E-state index is 13.5. The van der Waals surface area contributed by atoms with Crippen LogP contribution in [0.1, 0.15) is 11.1 Å². The number of primary sulfonamides is 1. The molecule has 0 heterocycles.